The predicted octanol–water partition coefficient (Wildman–Crippen LogP) is 3.33. The van der Waals surface area contributed by atoms with Gasteiger partial charge in [0.25, 0.3) is 0 Å². The number of Topliss-reactive ketones (excluding diaryl/α,β-unsaturated/α-hetero) is 1. The topological polar surface area (TPSA) is 92.7 Å². The van der Waals surface area contributed by atoms with Crippen LogP contribution in [0.1, 0.15) is 44.5 Å². The van der Waals surface area contributed by atoms with Gasteiger partial charge in [-0.3, -0.25) is 14.9 Å². The molecule has 0 radical (unpaired) electrons. The fourth-order valence-corrected chi connectivity index (χ4v) is 1.78. The number of benzene rings is 1. The predicted molar refractivity (Wildman–Crippen MR) is 82.0 cm³/mol. The maximum absolute atomic E-state index is 12.0. The highest BCUT2D eigenvalue weighted by molar-refractivity contribution is 5.99. The highest BCUT2D eigenvalue weighted by Gasteiger charge is 2.19. The van der Waals surface area contributed by atoms with Gasteiger partial charge in [-0.1, -0.05) is 6.92 Å². The number of carboxylic acids is 1. The van der Waals surface area contributed by atoms with Gasteiger partial charge in [-0.2, -0.15) is 0 Å². The molecule has 1 aromatic rings. The molecule has 0 spiro atoms. The molecule has 6 heteroatoms. The van der Waals surface area contributed by atoms with Crippen LogP contribution in [0.5, 0.6) is 0 Å². The summed E-state index contributed by atoms with van der Waals surface area (Å²) in [5.41, 5.74) is 0.312. The number of rotatable bonds is 5. The smallest absolute Gasteiger partial charge is 0.412 e. The van der Waals surface area contributed by atoms with E-state index in [2.05, 4.69) is 5.32 Å². The summed E-state index contributed by atoms with van der Waals surface area (Å²) in [6.45, 7) is 6.86. The molecule has 0 saturated heterocycles. The van der Waals surface area contributed by atoms with Crippen LogP contribution in [-0.4, -0.2) is 28.6 Å². The van der Waals surface area contributed by atoms with Crippen molar-refractivity contribution >= 4 is 23.5 Å². The van der Waals surface area contributed by atoms with E-state index in [0.717, 1.165) is 0 Å². The number of aliphatic carboxylic acids is 1. The zero-order valence-electron chi connectivity index (χ0n) is 13.2. The molecule has 1 atom stereocenters. The van der Waals surface area contributed by atoms with Crippen molar-refractivity contribution in [1.82, 2.24) is 0 Å². The molecule has 2 N–H and O–H groups in total. The van der Waals surface area contributed by atoms with E-state index in [4.69, 9.17) is 9.84 Å². The Morgan fingerprint density at radius 2 is 1.73 bits per heavy atom. The molecule has 0 fully saturated rings. The molecule has 0 aromatic heterocycles. The fraction of sp³-hybridized carbons (Fsp3) is 0.438. The van der Waals surface area contributed by atoms with Crippen LogP contribution in [-0.2, 0) is 9.53 Å². The van der Waals surface area contributed by atoms with E-state index in [1.165, 1.54) is 0 Å². The number of carboxylic acid groups (broad SMARTS) is 1. The summed E-state index contributed by atoms with van der Waals surface area (Å²) >= 11 is 0. The highest BCUT2D eigenvalue weighted by atomic mass is 16.6. The zero-order valence-corrected chi connectivity index (χ0v) is 13.2. The van der Waals surface area contributed by atoms with Crippen molar-refractivity contribution in [3.8, 4) is 0 Å². The minimum atomic E-state index is -1.01. The Kier molecular flexibility index (Phi) is 5.68. The molecule has 0 aliphatic rings. The summed E-state index contributed by atoms with van der Waals surface area (Å²) in [6, 6.07) is 6.25. The van der Waals surface area contributed by atoms with E-state index >= 15 is 0 Å². The van der Waals surface area contributed by atoms with Crippen molar-refractivity contribution in [1.29, 1.82) is 0 Å². The van der Waals surface area contributed by atoms with E-state index in [-0.39, 0.29) is 12.2 Å². The summed E-state index contributed by atoms with van der Waals surface area (Å²) in [5, 5.41) is 11.3. The second kappa shape index (κ2) is 7.06. The van der Waals surface area contributed by atoms with Crippen molar-refractivity contribution in [2.45, 2.75) is 39.7 Å². The molecule has 0 heterocycles. The van der Waals surface area contributed by atoms with Crippen molar-refractivity contribution in [3.63, 3.8) is 0 Å². The summed E-state index contributed by atoms with van der Waals surface area (Å²) in [5.74, 6) is -1.85. The lowest BCUT2D eigenvalue weighted by atomic mass is 9.96. The van der Waals surface area contributed by atoms with Crippen molar-refractivity contribution in [3.05, 3.63) is 29.8 Å². The monoisotopic (exact) mass is 307 g/mol. The normalized spacial score (nSPS) is 12.4. The molecule has 1 amide bonds. The van der Waals surface area contributed by atoms with Gasteiger partial charge in [0, 0.05) is 17.2 Å². The van der Waals surface area contributed by atoms with Gasteiger partial charge >= 0.3 is 12.1 Å². The first kappa shape index (κ1) is 17.7. The maximum Gasteiger partial charge on any atom is 0.412 e. The zero-order chi connectivity index (χ0) is 16.9. The largest absolute Gasteiger partial charge is 0.481 e. The van der Waals surface area contributed by atoms with Gasteiger partial charge in [-0.15, -0.1) is 0 Å². The molecule has 1 aromatic carbocycles. The molecule has 0 aliphatic heterocycles. The molecule has 0 aliphatic carbocycles. The second-order valence-electron chi connectivity index (χ2n) is 6.07. The van der Waals surface area contributed by atoms with Crippen LogP contribution >= 0.6 is 0 Å². The van der Waals surface area contributed by atoms with Gasteiger partial charge in [0.05, 0.1) is 6.42 Å². The van der Waals surface area contributed by atoms with Crippen molar-refractivity contribution < 1.29 is 24.2 Å². The SMILES string of the molecule is C[C@H](CC(=O)O)C(=O)c1ccc(NC(=O)OC(C)(C)C)cc1. The van der Waals surface area contributed by atoms with Gasteiger partial charge in [0.1, 0.15) is 5.60 Å². The highest BCUT2D eigenvalue weighted by Crippen LogP contribution is 2.16. The molecule has 6 nitrogen and oxygen atoms in total. The van der Waals surface area contributed by atoms with E-state index in [9.17, 15) is 14.4 Å². The van der Waals surface area contributed by atoms with Gasteiger partial charge < -0.3 is 9.84 Å². The van der Waals surface area contributed by atoms with Crippen LogP contribution < -0.4 is 5.32 Å². The van der Waals surface area contributed by atoms with Crippen LogP contribution in [0.4, 0.5) is 10.5 Å². The van der Waals surface area contributed by atoms with Crippen LogP contribution in [0.25, 0.3) is 0 Å². The molecular formula is C16H21NO5. The molecule has 120 valence electrons. The van der Waals surface area contributed by atoms with Gasteiger partial charge in [0.2, 0.25) is 0 Å². The fourth-order valence-electron chi connectivity index (χ4n) is 1.78. The van der Waals surface area contributed by atoms with E-state index in [0.29, 0.717) is 11.3 Å². The Balaban J connectivity index is 2.68. The Morgan fingerprint density at radius 1 is 1.18 bits per heavy atom. The summed E-state index contributed by atoms with van der Waals surface area (Å²) in [6.07, 6.45) is -0.790. The summed E-state index contributed by atoms with van der Waals surface area (Å²) < 4.78 is 5.12. The van der Waals surface area contributed by atoms with Gasteiger partial charge in [0.15, 0.2) is 5.78 Å². The minimum Gasteiger partial charge on any atom is -0.481 e. The number of carbonyl (C=O) groups excluding carboxylic acids is 2. The molecule has 0 saturated carbocycles. The number of hydrogen-bond acceptors (Lipinski definition) is 4. The van der Waals surface area contributed by atoms with Crippen LogP contribution in [0, 0.1) is 5.92 Å². The average molecular weight is 307 g/mol. The standard InChI is InChI=1S/C16H21NO5/c1-10(9-13(18)19)14(20)11-5-7-12(8-6-11)17-15(21)22-16(2,3)4/h5-8,10H,9H2,1-4H3,(H,17,21)(H,18,19)/t10-/m1/s1. The third kappa shape index (κ3) is 5.95. The number of hydrogen-bond donors (Lipinski definition) is 2. The van der Waals surface area contributed by atoms with Crippen LogP contribution in [0.2, 0.25) is 0 Å². The molecule has 1 rings (SSSR count). The number of anilines is 1. The first-order valence-corrected chi connectivity index (χ1v) is 6.94. The van der Waals surface area contributed by atoms with E-state index in [1.807, 2.05) is 0 Å². The Hall–Kier alpha value is -2.37. The maximum atomic E-state index is 12.0. The second-order valence-corrected chi connectivity index (χ2v) is 6.07. The Morgan fingerprint density at radius 3 is 2.18 bits per heavy atom. The molecule has 22 heavy (non-hydrogen) atoms. The number of carbonyl (C=O) groups is 3. The lowest BCUT2D eigenvalue weighted by molar-refractivity contribution is -0.137. The third-order valence-corrected chi connectivity index (χ3v) is 2.74. The summed E-state index contributed by atoms with van der Waals surface area (Å²) in [4.78, 5) is 34.3. The average Bonchev–Trinajstić information content (AvgIpc) is 2.35. The summed E-state index contributed by atoms with van der Waals surface area (Å²) in [7, 11) is 0. The van der Waals surface area contributed by atoms with Gasteiger partial charge in [-0.05, 0) is 45.0 Å². The minimum absolute atomic E-state index is 0.212. The van der Waals surface area contributed by atoms with Crippen molar-refractivity contribution in [2.75, 3.05) is 5.32 Å². The first-order chi connectivity index (χ1) is 10.1. The van der Waals surface area contributed by atoms with E-state index in [1.54, 1.807) is 52.0 Å². The molecular weight excluding hydrogens is 286 g/mol. The quantitative estimate of drug-likeness (QED) is 0.814. The molecule has 0 unspecified atom stereocenters. The number of nitrogens with one attached hydrogen (secondary N) is 1. The number of amides is 1. The Bertz CT molecular complexity index is 557. The number of ketones is 1. The lowest BCUT2D eigenvalue weighted by Crippen LogP contribution is -2.27. The third-order valence-electron chi connectivity index (χ3n) is 2.74. The molecule has 0 bridgehead atoms. The first-order valence-electron chi connectivity index (χ1n) is 6.94. The Labute approximate surface area is 129 Å². The van der Waals surface area contributed by atoms with Crippen LogP contribution in [0.15, 0.2) is 24.3 Å². The number of ether oxygens (including phenoxy) is 1. The lowest BCUT2D eigenvalue weighted by Gasteiger charge is -2.19. The van der Waals surface area contributed by atoms with Gasteiger partial charge in [-0.25, -0.2) is 4.79 Å². The van der Waals surface area contributed by atoms with Crippen LogP contribution in [0.3, 0.4) is 0 Å². The van der Waals surface area contributed by atoms with Crippen molar-refractivity contribution in [2.24, 2.45) is 5.92 Å². The van der Waals surface area contributed by atoms with E-state index < -0.39 is 23.6 Å².